The lowest BCUT2D eigenvalue weighted by molar-refractivity contribution is 1.17. The van der Waals surface area contributed by atoms with E-state index in [9.17, 15) is 5.26 Å². The largest absolute Gasteiger partial charge is 0.308 e. The lowest BCUT2D eigenvalue weighted by Crippen LogP contribution is -1.98. The molecule has 0 amide bonds. The van der Waals surface area contributed by atoms with E-state index in [1.807, 2.05) is 36.4 Å². The molecule has 3 heteroatoms. The molecule has 1 heterocycles. The zero-order chi connectivity index (χ0) is 15.8. The van der Waals surface area contributed by atoms with Crippen LogP contribution < -0.4 is 0 Å². The van der Waals surface area contributed by atoms with Crippen molar-refractivity contribution >= 4 is 28.0 Å². The molecule has 0 spiro atoms. The number of para-hydroxylation sites is 2. The molecular weight excluding hydrogens is 282 g/mol. The van der Waals surface area contributed by atoms with Crippen molar-refractivity contribution < 1.29 is 0 Å². The van der Waals surface area contributed by atoms with E-state index in [-0.39, 0.29) is 0 Å². The highest BCUT2D eigenvalue weighted by Crippen LogP contribution is 2.32. The molecule has 3 nitrogen and oxygen atoms in total. The van der Waals surface area contributed by atoms with Gasteiger partial charge >= 0.3 is 0 Å². The van der Waals surface area contributed by atoms with E-state index in [1.165, 1.54) is 17.0 Å². The molecular formula is C20H13N3. The third-order valence-corrected chi connectivity index (χ3v) is 4.13. The first-order chi connectivity index (χ1) is 11.3. The molecule has 4 aromatic rings. The second-order valence-electron chi connectivity index (χ2n) is 5.40. The van der Waals surface area contributed by atoms with Crippen LogP contribution >= 0.6 is 0 Å². The Hall–Kier alpha value is -3.38. The number of hydrogen-bond acceptors (Lipinski definition) is 2. The first-order valence-electron chi connectivity index (χ1n) is 7.36. The fourth-order valence-electron chi connectivity index (χ4n) is 3.11. The summed E-state index contributed by atoms with van der Waals surface area (Å²) in [6.07, 6.45) is 1.26. The van der Waals surface area contributed by atoms with Gasteiger partial charge in [0.15, 0.2) is 0 Å². The van der Waals surface area contributed by atoms with Gasteiger partial charge in [0.05, 0.1) is 22.3 Å². The molecule has 3 aromatic carbocycles. The molecule has 1 N–H and O–H groups in total. The van der Waals surface area contributed by atoms with Crippen LogP contribution in [0.1, 0.15) is 11.1 Å². The Morgan fingerprint density at radius 2 is 1.48 bits per heavy atom. The maximum Gasteiger partial charge on any atom is 0.101 e. The molecule has 0 aliphatic rings. The second-order valence-corrected chi connectivity index (χ2v) is 5.40. The number of nitriles is 1. The predicted octanol–water partition coefficient (Wildman–Crippen LogP) is 4.65. The van der Waals surface area contributed by atoms with Crippen molar-refractivity contribution in [3.63, 3.8) is 0 Å². The Balaban J connectivity index is 2.17. The smallest absolute Gasteiger partial charge is 0.101 e. The van der Waals surface area contributed by atoms with Crippen LogP contribution in [0.4, 0.5) is 0 Å². The highest BCUT2D eigenvalue weighted by molar-refractivity contribution is 6.09. The van der Waals surface area contributed by atoms with E-state index >= 15 is 0 Å². The lowest BCUT2D eigenvalue weighted by Gasteiger charge is -2.10. The van der Waals surface area contributed by atoms with E-state index in [0.29, 0.717) is 5.56 Å². The van der Waals surface area contributed by atoms with Crippen molar-refractivity contribution in [1.82, 2.24) is 4.57 Å². The van der Waals surface area contributed by atoms with Gasteiger partial charge in [-0.05, 0) is 29.8 Å². The molecule has 0 saturated heterocycles. The molecule has 4 rings (SSSR count). The summed E-state index contributed by atoms with van der Waals surface area (Å²) < 4.78 is 2.12. The van der Waals surface area contributed by atoms with Gasteiger partial charge in [0.2, 0.25) is 0 Å². The van der Waals surface area contributed by atoms with E-state index in [2.05, 4.69) is 34.9 Å². The molecule has 1 aromatic heterocycles. The Bertz CT molecular complexity index is 1040. The maximum absolute atomic E-state index is 9.54. The van der Waals surface area contributed by atoms with Crippen molar-refractivity contribution in [1.29, 1.82) is 10.7 Å². The van der Waals surface area contributed by atoms with Gasteiger partial charge in [-0.25, -0.2) is 0 Å². The van der Waals surface area contributed by atoms with Crippen LogP contribution in [0.15, 0.2) is 66.7 Å². The van der Waals surface area contributed by atoms with Gasteiger partial charge in [0, 0.05) is 17.0 Å². The molecule has 0 atom stereocenters. The first-order valence-corrected chi connectivity index (χ1v) is 7.36. The molecule has 0 fully saturated rings. The van der Waals surface area contributed by atoms with Crippen LogP contribution in [0.2, 0.25) is 0 Å². The Morgan fingerprint density at radius 3 is 2.04 bits per heavy atom. The zero-order valence-corrected chi connectivity index (χ0v) is 12.3. The van der Waals surface area contributed by atoms with Crippen LogP contribution in [-0.4, -0.2) is 10.8 Å². The van der Waals surface area contributed by atoms with Crippen LogP contribution in [-0.2, 0) is 0 Å². The van der Waals surface area contributed by atoms with Crippen molar-refractivity contribution in [3.8, 4) is 11.8 Å². The molecule has 108 valence electrons. The van der Waals surface area contributed by atoms with Gasteiger partial charge in [0.25, 0.3) is 0 Å². The number of hydrogen-bond donors (Lipinski definition) is 1. The summed E-state index contributed by atoms with van der Waals surface area (Å²) in [6.45, 7) is 0. The minimum absolute atomic E-state index is 0.567. The molecule has 23 heavy (non-hydrogen) atoms. The summed E-state index contributed by atoms with van der Waals surface area (Å²) >= 11 is 0. The molecule has 0 aliphatic heterocycles. The van der Waals surface area contributed by atoms with Crippen molar-refractivity contribution in [3.05, 3.63) is 77.9 Å². The summed E-state index contributed by atoms with van der Waals surface area (Å²) in [7, 11) is 0. The number of nitrogens with zero attached hydrogens (tertiary/aromatic N) is 2. The summed E-state index contributed by atoms with van der Waals surface area (Å²) in [6, 6.07) is 24.2. The molecule has 0 saturated carbocycles. The maximum atomic E-state index is 9.54. The number of nitrogens with one attached hydrogen (secondary N) is 1. The average molecular weight is 295 g/mol. The number of rotatable bonds is 2. The number of aromatic nitrogens is 1. The van der Waals surface area contributed by atoms with Crippen molar-refractivity contribution in [2.24, 2.45) is 0 Å². The van der Waals surface area contributed by atoms with Gasteiger partial charge in [-0.1, -0.05) is 42.5 Å². The highest BCUT2D eigenvalue weighted by Gasteiger charge is 2.14. The number of benzene rings is 3. The van der Waals surface area contributed by atoms with Crippen molar-refractivity contribution in [2.75, 3.05) is 0 Å². The highest BCUT2D eigenvalue weighted by atomic mass is 15.0. The molecule has 0 radical (unpaired) electrons. The van der Waals surface area contributed by atoms with Gasteiger partial charge in [-0.3, -0.25) is 0 Å². The third kappa shape index (κ3) is 1.93. The monoisotopic (exact) mass is 295 g/mol. The van der Waals surface area contributed by atoms with Crippen LogP contribution in [0.5, 0.6) is 0 Å². The number of fused-ring (bicyclic) bond motifs is 3. The minimum atomic E-state index is 0.567. The van der Waals surface area contributed by atoms with E-state index in [4.69, 9.17) is 5.41 Å². The van der Waals surface area contributed by atoms with Crippen LogP contribution in [0.25, 0.3) is 27.5 Å². The van der Waals surface area contributed by atoms with Gasteiger partial charge in [0.1, 0.15) is 6.07 Å². The van der Waals surface area contributed by atoms with Crippen LogP contribution in [0, 0.1) is 16.7 Å². The minimum Gasteiger partial charge on any atom is -0.308 e. The fraction of sp³-hybridized carbons (Fsp3) is 0. The molecule has 0 aliphatic carbocycles. The zero-order valence-electron chi connectivity index (χ0n) is 12.3. The quantitative estimate of drug-likeness (QED) is 0.537. The second kappa shape index (κ2) is 5.11. The average Bonchev–Trinajstić information content (AvgIpc) is 2.95. The summed E-state index contributed by atoms with van der Waals surface area (Å²) in [4.78, 5) is 0. The fourth-order valence-corrected chi connectivity index (χ4v) is 3.11. The van der Waals surface area contributed by atoms with E-state index in [0.717, 1.165) is 22.3 Å². The third-order valence-electron chi connectivity index (χ3n) is 4.13. The van der Waals surface area contributed by atoms with Gasteiger partial charge in [-0.2, -0.15) is 5.26 Å². The summed E-state index contributed by atoms with van der Waals surface area (Å²) in [5.41, 5.74) is 4.29. The SMILES string of the molecule is N#Cc1cc(C=N)ccc1-n1c2ccccc2c2ccccc21. The Morgan fingerprint density at radius 1 is 0.870 bits per heavy atom. The summed E-state index contributed by atoms with van der Waals surface area (Å²) in [5.74, 6) is 0. The summed E-state index contributed by atoms with van der Waals surface area (Å²) in [5, 5.41) is 19.3. The van der Waals surface area contributed by atoms with Crippen molar-refractivity contribution in [2.45, 2.75) is 0 Å². The molecule has 0 unspecified atom stereocenters. The first kappa shape index (κ1) is 13.3. The normalized spacial score (nSPS) is 10.7. The Kier molecular flexibility index (Phi) is 2.96. The van der Waals surface area contributed by atoms with Gasteiger partial charge < -0.3 is 9.98 Å². The van der Waals surface area contributed by atoms with E-state index in [1.54, 1.807) is 6.07 Å². The van der Waals surface area contributed by atoms with E-state index < -0.39 is 0 Å². The molecule has 0 bridgehead atoms. The predicted molar refractivity (Wildman–Crippen MR) is 93.4 cm³/mol. The Labute approximate surface area is 133 Å². The standard InChI is InChI=1S/C20H13N3/c21-12-14-9-10-18(15(11-14)13-22)23-19-7-3-1-5-16(19)17-6-2-4-8-20(17)23/h1-12,21H. The van der Waals surface area contributed by atoms with Gasteiger partial charge in [-0.15, -0.1) is 0 Å². The van der Waals surface area contributed by atoms with Crippen LogP contribution in [0.3, 0.4) is 0 Å². The topological polar surface area (TPSA) is 52.6 Å². The lowest BCUT2D eigenvalue weighted by atomic mass is 10.1.